The summed E-state index contributed by atoms with van der Waals surface area (Å²) in [7, 11) is 0. The lowest BCUT2D eigenvalue weighted by molar-refractivity contribution is -0.113. The number of aromatic nitrogens is 3. The highest BCUT2D eigenvalue weighted by atomic mass is 32.2. The summed E-state index contributed by atoms with van der Waals surface area (Å²) in [5.74, 6) is 6.78. The van der Waals surface area contributed by atoms with E-state index in [9.17, 15) is 9.59 Å². The van der Waals surface area contributed by atoms with Crippen molar-refractivity contribution in [3.8, 4) is 0 Å². The van der Waals surface area contributed by atoms with Crippen LogP contribution < -0.4 is 11.2 Å². The quantitative estimate of drug-likeness (QED) is 0.390. The van der Waals surface area contributed by atoms with Crippen LogP contribution in [-0.2, 0) is 22.4 Å². The van der Waals surface area contributed by atoms with Gasteiger partial charge in [0.2, 0.25) is 11.1 Å². The van der Waals surface area contributed by atoms with Gasteiger partial charge in [0.1, 0.15) is 5.00 Å². The number of nitrogens with two attached hydrogens (primary N) is 1. The van der Waals surface area contributed by atoms with Gasteiger partial charge in [-0.15, -0.1) is 21.5 Å². The van der Waals surface area contributed by atoms with E-state index in [0.717, 1.165) is 49.9 Å². The number of carbonyl (C=O) groups is 2. The lowest BCUT2D eigenvalue weighted by Gasteiger charge is -2.14. The number of esters is 1. The summed E-state index contributed by atoms with van der Waals surface area (Å²) in [5.41, 5.74) is 1.56. The second kappa shape index (κ2) is 8.35. The fourth-order valence-electron chi connectivity index (χ4n) is 3.44. The Balaban J connectivity index is 1.46. The minimum absolute atomic E-state index is 0.140. The standard InChI is InChI=1S/C19H25N5O3S2/c1-10(2)27-18(26)15-12-5-3-4-6-13(12)29-17(15)21-14(25)9-28-19-23-22-16(24(19)20)11-7-8-11/h10-11H,3-9,20H2,1-2H3,(H,21,25). The summed E-state index contributed by atoms with van der Waals surface area (Å²) < 4.78 is 6.91. The maximum absolute atomic E-state index is 12.7. The van der Waals surface area contributed by atoms with Crippen molar-refractivity contribution in [2.75, 3.05) is 16.9 Å². The predicted octanol–water partition coefficient (Wildman–Crippen LogP) is 3.11. The number of thioether (sulfide) groups is 1. The average Bonchev–Trinajstić information content (AvgIpc) is 3.34. The molecule has 2 aliphatic carbocycles. The molecule has 0 bridgehead atoms. The molecule has 29 heavy (non-hydrogen) atoms. The Hall–Kier alpha value is -2.07. The second-order valence-corrected chi connectivity index (χ2v) is 9.74. The molecule has 2 heterocycles. The van der Waals surface area contributed by atoms with Gasteiger partial charge in [-0.1, -0.05) is 11.8 Å². The molecule has 3 N–H and O–H groups in total. The number of aryl methyl sites for hydroxylation is 1. The topological polar surface area (TPSA) is 112 Å². The highest BCUT2D eigenvalue weighted by molar-refractivity contribution is 7.99. The Morgan fingerprint density at radius 2 is 2.07 bits per heavy atom. The smallest absolute Gasteiger partial charge is 0.341 e. The van der Waals surface area contributed by atoms with E-state index in [0.29, 0.717) is 21.6 Å². The number of amides is 1. The van der Waals surface area contributed by atoms with Crippen LogP contribution in [0.1, 0.15) is 72.1 Å². The molecule has 0 spiro atoms. The zero-order chi connectivity index (χ0) is 20.5. The molecule has 2 aromatic heterocycles. The Kier molecular flexibility index (Phi) is 5.82. The van der Waals surface area contributed by atoms with E-state index in [4.69, 9.17) is 10.6 Å². The number of hydrogen-bond donors (Lipinski definition) is 2. The fourth-order valence-corrected chi connectivity index (χ4v) is 5.40. The molecule has 2 aromatic rings. The summed E-state index contributed by atoms with van der Waals surface area (Å²) >= 11 is 2.73. The summed E-state index contributed by atoms with van der Waals surface area (Å²) in [4.78, 5) is 26.4. The van der Waals surface area contributed by atoms with Crippen molar-refractivity contribution in [1.29, 1.82) is 0 Å². The maximum atomic E-state index is 12.7. The minimum Gasteiger partial charge on any atom is -0.459 e. The van der Waals surface area contributed by atoms with Gasteiger partial charge >= 0.3 is 5.97 Å². The minimum atomic E-state index is -0.363. The van der Waals surface area contributed by atoms with Crippen molar-refractivity contribution >= 4 is 40.0 Å². The Morgan fingerprint density at radius 1 is 1.31 bits per heavy atom. The van der Waals surface area contributed by atoms with Gasteiger partial charge < -0.3 is 15.9 Å². The Labute approximate surface area is 177 Å². The SMILES string of the molecule is CC(C)OC(=O)c1c(NC(=O)CSc2nnc(C3CC3)n2N)sc2c1CCCC2. The monoisotopic (exact) mass is 435 g/mol. The first-order valence-corrected chi connectivity index (χ1v) is 11.7. The third-order valence-corrected chi connectivity index (χ3v) is 7.09. The van der Waals surface area contributed by atoms with Crippen LogP contribution in [-0.4, -0.2) is 38.6 Å². The summed E-state index contributed by atoms with van der Waals surface area (Å²) in [6.45, 7) is 3.65. The molecular weight excluding hydrogens is 410 g/mol. The highest BCUT2D eigenvalue weighted by Gasteiger charge is 2.30. The number of nitrogens with zero attached hydrogens (tertiary/aromatic N) is 3. The van der Waals surface area contributed by atoms with Crippen LogP contribution in [0.5, 0.6) is 0 Å². The van der Waals surface area contributed by atoms with Gasteiger partial charge in [-0.05, 0) is 57.9 Å². The molecule has 0 aromatic carbocycles. The lowest BCUT2D eigenvalue weighted by atomic mass is 9.95. The number of fused-ring (bicyclic) bond motifs is 1. The van der Waals surface area contributed by atoms with Gasteiger partial charge in [0, 0.05) is 10.8 Å². The van der Waals surface area contributed by atoms with Crippen molar-refractivity contribution in [3.63, 3.8) is 0 Å². The van der Waals surface area contributed by atoms with E-state index in [-0.39, 0.29) is 23.7 Å². The number of ether oxygens (including phenoxy) is 1. The van der Waals surface area contributed by atoms with E-state index < -0.39 is 0 Å². The molecule has 1 amide bonds. The molecule has 8 nitrogen and oxygen atoms in total. The number of nitrogens with one attached hydrogen (secondary N) is 1. The highest BCUT2D eigenvalue weighted by Crippen LogP contribution is 2.40. The molecule has 2 aliphatic rings. The van der Waals surface area contributed by atoms with Crippen molar-refractivity contribution in [2.45, 2.75) is 69.6 Å². The van der Waals surface area contributed by atoms with Gasteiger partial charge in [-0.25, -0.2) is 9.47 Å². The first-order chi connectivity index (χ1) is 13.9. The van der Waals surface area contributed by atoms with Crippen LogP contribution in [0.4, 0.5) is 5.00 Å². The lowest BCUT2D eigenvalue weighted by Crippen LogP contribution is -2.19. The van der Waals surface area contributed by atoms with E-state index in [1.165, 1.54) is 32.7 Å². The van der Waals surface area contributed by atoms with E-state index >= 15 is 0 Å². The summed E-state index contributed by atoms with van der Waals surface area (Å²) in [5, 5.41) is 12.2. The van der Waals surface area contributed by atoms with E-state index in [1.54, 1.807) is 0 Å². The van der Waals surface area contributed by atoms with Gasteiger partial charge in [0.25, 0.3) is 0 Å². The second-order valence-electron chi connectivity index (χ2n) is 7.69. The molecular formula is C19H25N5O3S2. The van der Waals surface area contributed by atoms with Crippen LogP contribution in [0.25, 0.3) is 0 Å². The van der Waals surface area contributed by atoms with Crippen LogP contribution in [0.3, 0.4) is 0 Å². The average molecular weight is 436 g/mol. The summed E-state index contributed by atoms with van der Waals surface area (Å²) in [6, 6.07) is 0. The van der Waals surface area contributed by atoms with Crippen LogP contribution in [0, 0.1) is 0 Å². The molecule has 0 radical (unpaired) electrons. The normalized spacial score (nSPS) is 16.0. The third kappa shape index (κ3) is 4.42. The number of rotatable bonds is 7. The molecule has 0 saturated heterocycles. The van der Waals surface area contributed by atoms with Gasteiger partial charge in [-0.2, -0.15) is 0 Å². The molecule has 0 aliphatic heterocycles. The molecule has 0 unspecified atom stereocenters. The van der Waals surface area contributed by atoms with Gasteiger partial charge in [0.05, 0.1) is 17.4 Å². The van der Waals surface area contributed by atoms with E-state index in [2.05, 4.69) is 15.5 Å². The maximum Gasteiger partial charge on any atom is 0.341 e. The predicted molar refractivity (Wildman–Crippen MR) is 113 cm³/mol. The molecule has 1 saturated carbocycles. The van der Waals surface area contributed by atoms with Gasteiger partial charge in [-0.3, -0.25) is 4.79 Å². The molecule has 4 rings (SSSR count). The van der Waals surface area contributed by atoms with Crippen LogP contribution in [0.15, 0.2) is 5.16 Å². The fraction of sp³-hybridized carbons (Fsp3) is 0.579. The molecule has 0 atom stereocenters. The first kappa shape index (κ1) is 20.2. The largest absolute Gasteiger partial charge is 0.459 e. The molecule has 10 heteroatoms. The first-order valence-electron chi connectivity index (χ1n) is 9.92. The van der Waals surface area contributed by atoms with Crippen LogP contribution >= 0.6 is 23.1 Å². The zero-order valence-electron chi connectivity index (χ0n) is 16.6. The molecule has 156 valence electrons. The zero-order valence-corrected chi connectivity index (χ0v) is 18.2. The van der Waals surface area contributed by atoms with Crippen molar-refractivity contribution < 1.29 is 14.3 Å². The Morgan fingerprint density at radius 3 is 2.79 bits per heavy atom. The van der Waals surface area contributed by atoms with Crippen molar-refractivity contribution in [3.05, 3.63) is 21.8 Å². The van der Waals surface area contributed by atoms with Crippen LogP contribution in [0.2, 0.25) is 0 Å². The van der Waals surface area contributed by atoms with Crippen molar-refractivity contribution in [1.82, 2.24) is 14.9 Å². The third-order valence-electron chi connectivity index (χ3n) is 4.94. The number of thiophene rings is 1. The number of anilines is 1. The van der Waals surface area contributed by atoms with Crippen molar-refractivity contribution in [2.24, 2.45) is 0 Å². The number of hydrogen-bond acceptors (Lipinski definition) is 8. The number of nitrogen functional groups attached to an aromatic ring is 1. The van der Waals surface area contributed by atoms with E-state index in [1.807, 2.05) is 13.8 Å². The summed E-state index contributed by atoms with van der Waals surface area (Å²) in [6.07, 6.45) is 5.89. The van der Waals surface area contributed by atoms with Gasteiger partial charge in [0.15, 0.2) is 5.82 Å². The molecule has 1 fully saturated rings. The Bertz CT molecular complexity index is 933. The number of carbonyl (C=O) groups excluding carboxylic acids is 2.